The number of amides is 1. The van der Waals surface area contributed by atoms with Gasteiger partial charge in [-0.3, -0.25) is 4.79 Å². The average molecular weight is 390 g/mol. The normalized spacial score (nSPS) is 14.6. The summed E-state index contributed by atoms with van der Waals surface area (Å²) in [7, 11) is 0. The SMILES string of the molecule is O=C(Nc1ccc(N2CCCC2)nc1)C(Sc1ccccc1)c1ccccc1. The molecule has 0 spiro atoms. The van der Waals surface area contributed by atoms with Gasteiger partial charge in [-0.05, 0) is 42.7 Å². The summed E-state index contributed by atoms with van der Waals surface area (Å²) in [6.45, 7) is 2.12. The first-order valence-corrected chi connectivity index (χ1v) is 10.5. The Kier molecular flexibility index (Phi) is 5.92. The summed E-state index contributed by atoms with van der Waals surface area (Å²) in [6, 6.07) is 23.8. The summed E-state index contributed by atoms with van der Waals surface area (Å²) < 4.78 is 0. The molecule has 1 aliphatic rings. The maximum atomic E-state index is 13.1. The molecule has 0 radical (unpaired) electrons. The fraction of sp³-hybridized carbons (Fsp3) is 0.217. The van der Waals surface area contributed by atoms with Gasteiger partial charge < -0.3 is 10.2 Å². The molecule has 0 aliphatic carbocycles. The zero-order valence-electron chi connectivity index (χ0n) is 15.6. The number of carbonyl (C=O) groups is 1. The zero-order chi connectivity index (χ0) is 19.2. The van der Waals surface area contributed by atoms with Crippen molar-refractivity contribution in [2.75, 3.05) is 23.3 Å². The number of rotatable bonds is 6. The average Bonchev–Trinajstić information content (AvgIpc) is 3.29. The van der Waals surface area contributed by atoms with Crippen LogP contribution in [-0.2, 0) is 4.79 Å². The first-order valence-electron chi connectivity index (χ1n) is 9.58. The molecule has 0 bridgehead atoms. The van der Waals surface area contributed by atoms with E-state index in [2.05, 4.69) is 15.2 Å². The molecular formula is C23H23N3OS. The van der Waals surface area contributed by atoms with Crippen LogP contribution in [0.2, 0.25) is 0 Å². The van der Waals surface area contributed by atoms with Crippen LogP contribution >= 0.6 is 11.8 Å². The van der Waals surface area contributed by atoms with E-state index in [0.717, 1.165) is 35.1 Å². The number of hydrogen-bond acceptors (Lipinski definition) is 4. The minimum absolute atomic E-state index is 0.0456. The van der Waals surface area contributed by atoms with Crippen molar-refractivity contribution >= 4 is 29.2 Å². The fourth-order valence-corrected chi connectivity index (χ4v) is 4.38. The minimum Gasteiger partial charge on any atom is -0.357 e. The number of nitrogens with zero attached hydrogens (tertiary/aromatic N) is 2. The molecule has 28 heavy (non-hydrogen) atoms. The summed E-state index contributed by atoms with van der Waals surface area (Å²) in [5.41, 5.74) is 1.71. The van der Waals surface area contributed by atoms with Crippen LogP contribution in [0.1, 0.15) is 23.7 Å². The van der Waals surface area contributed by atoms with E-state index >= 15 is 0 Å². The van der Waals surface area contributed by atoms with E-state index in [-0.39, 0.29) is 11.2 Å². The van der Waals surface area contributed by atoms with Gasteiger partial charge in [-0.1, -0.05) is 48.5 Å². The van der Waals surface area contributed by atoms with Crippen LogP contribution in [0.25, 0.3) is 0 Å². The number of carbonyl (C=O) groups excluding carboxylic acids is 1. The Balaban J connectivity index is 1.50. The van der Waals surface area contributed by atoms with Crippen molar-refractivity contribution in [3.05, 3.63) is 84.6 Å². The quantitative estimate of drug-likeness (QED) is 0.592. The number of thioether (sulfide) groups is 1. The number of pyridine rings is 1. The van der Waals surface area contributed by atoms with Gasteiger partial charge in [0, 0.05) is 18.0 Å². The van der Waals surface area contributed by atoms with E-state index in [1.807, 2.05) is 72.8 Å². The smallest absolute Gasteiger partial charge is 0.242 e. The molecule has 1 unspecified atom stereocenters. The third-order valence-electron chi connectivity index (χ3n) is 4.78. The van der Waals surface area contributed by atoms with Crippen molar-refractivity contribution in [1.82, 2.24) is 4.98 Å². The molecular weight excluding hydrogens is 366 g/mol. The molecule has 5 heteroatoms. The summed E-state index contributed by atoms with van der Waals surface area (Å²) >= 11 is 1.55. The van der Waals surface area contributed by atoms with E-state index in [9.17, 15) is 4.79 Å². The molecule has 2 heterocycles. The highest BCUT2D eigenvalue weighted by molar-refractivity contribution is 8.00. The predicted molar refractivity (Wildman–Crippen MR) is 116 cm³/mol. The zero-order valence-corrected chi connectivity index (χ0v) is 16.4. The molecule has 1 fully saturated rings. The molecule has 3 aromatic rings. The summed E-state index contributed by atoms with van der Waals surface area (Å²) in [5, 5.41) is 2.71. The number of aromatic nitrogens is 1. The lowest BCUT2D eigenvalue weighted by molar-refractivity contribution is -0.115. The Morgan fingerprint density at radius 2 is 1.61 bits per heavy atom. The van der Waals surface area contributed by atoms with E-state index in [1.165, 1.54) is 12.8 Å². The van der Waals surface area contributed by atoms with E-state index in [0.29, 0.717) is 0 Å². The molecule has 1 aromatic heterocycles. The maximum Gasteiger partial charge on any atom is 0.242 e. The monoisotopic (exact) mass is 389 g/mol. The second-order valence-electron chi connectivity index (χ2n) is 6.81. The van der Waals surface area contributed by atoms with Gasteiger partial charge in [-0.2, -0.15) is 0 Å². The highest BCUT2D eigenvalue weighted by Gasteiger charge is 2.22. The van der Waals surface area contributed by atoms with Crippen LogP contribution < -0.4 is 10.2 Å². The standard InChI is InChI=1S/C23H23N3OS/c27-23(25-19-13-14-21(24-17-19)26-15-7-8-16-26)22(18-9-3-1-4-10-18)28-20-11-5-2-6-12-20/h1-6,9-14,17,22H,7-8,15-16H2,(H,25,27). The van der Waals surface area contributed by atoms with E-state index < -0.39 is 0 Å². The number of anilines is 2. The van der Waals surface area contributed by atoms with Gasteiger partial charge in [0.2, 0.25) is 5.91 Å². The van der Waals surface area contributed by atoms with Gasteiger partial charge >= 0.3 is 0 Å². The van der Waals surface area contributed by atoms with Crippen LogP contribution in [0.15, 0.2) is 83.9 Å². The third-order valence-corrected chi connectivity index (χ3v) is 6.05. The van der Waals surface area contributed by atoms with Crippen molar-refractivity contribution < 1.29 is 4.79 Å². The maximum absolute atomic E-state index is 13.1. The molecule has 1 N–H and O–H groups in total. The van der Waals surface area contributed by atoms with Crippen molar-refractivity contribution in [2.24, 2.45) is 0 Å². The lowest BCUT2D eigenvalue weighted by atomic mass is 10.1. The first kappa shape index (κ1) is 18.6. The summed E-state index contributed by atoms with van der Waals surface area (Å²) in [5.74, 6) is 0.935. The summed E-state index contributed by atoms with van der Waals surface area (Å²) in [6.07, 6.45) is 4.19. The van der Waals surface area contributed by atoms with Crippen LogP contribution in [0.5, 0.6) is 0 Å². The van der Waals surface area contributed by atoms with Crippen molar-refractivity contribution in [3.8, 4) is 0 Å². The predicted octanol–water partition coefficient (Wildman–Crippen LogP) is 5.15. The molecule has 1 aliphatic heterocycles. The Labute approximate surface area is 170 Å². The van der Waals surface area contributed by atoms with Crippen LogP contribution in [0.3, 0.4) is 0 Å². The number of benzene rings is 2. The molecule has 4 nitrogen and oxygen atoms in total. The van der Waals surface area contributed by atoms with Gasteiger partial charge in [-0.15, -0.1) is 11.8 Å². The molecule has 4 rings (SSSR count). The van der Waals surface area contributed by atoms with Crippen LogP contribution in [0, 0.1) is 0 Å². The highest BCUT2D eigenvalue weighted by Crippen LogP contribution is 2.36. The molecule has 1 atom stereocenters. The molecule has 1 saturated heterocycles. The first-order chi connectivity index (χ1) is 13.8. The Morgan fingerprint density at radius 1 is 0.929 bits per heavy atom. The van der Waals surface area contributed by atoms with Gasteiger partial charge in [0.25, 0.3) is 0 Å². The molecule has 1 amide bonds. The lowest BCUT2D eigenvalue weighted by Gasteiger charge is -2.18. The second kappa shape index (κ2) is 8.93. The van der Waals surface area contributed by atoms with Crippen molar-refractivity contribution in [3.63, 3.8) is 0 Å². The molecule has 2 aromatic carbocycles. The van der Waals surface area contributed by atoms with Gasteiger partial charge in [0.1, 0.15) is 11.1 Å². The third kappa shape index (κ3) is 4.54. The lowest BCUT2D eigenvalue weighted by Crippen LogP contribution is -2.20. The fourth-order valence-electron chi connectivity index (χ4n) is 3.34. The van der Waals surface area contributed by atoms with Crippen LogP contribution in [-0.4, -0.2) is 24.0 Å². The molecule has 0 saturated carbocycles. The Hall–Kier alpha value is -2.79. The Morgan fingerprint density at radius 3 is 2.25 bits per heavy atom. The summed E-state index contributed by atoms with van der Waals surface area (Å²) in [4.78, 5) is 21.0. The Bertz CT molecular complexity index is 894. The van der Waals surface area contributed by atoms with Crippen LogP contribution in [0.4, 0.5) is 11.5 Å². The van der Waals surface area contributed by atoms with Crippen molar-refractivity contribution in [1.29, 1.82) is 0 Å². The second-order valence-corrected chi connectivity index (χ2v) is 7.99. The molecule has 142 valence electrons. The number of nitrogens with one attached hydrogen (secondary N) is 1. The van der Waals surface area contributed by atoms with Crippen molar-refractivity contribution in [2.45, 2.75) is 23.0 Å². The van der Waals surface area contributed by atoms with E-state index in [4.69, 9.17) is 0 Å². The highest BCUT2D eigenvalue weighted by atomic mass is 32.2. The van der Waals surface area contributed by atoms with Gasteiger partial charge in [0.05, 0.1) is 11.9 Å². The minimum atomic E-state index is -0.332. The topological polar surface area (TPSA) is 45.2 Å². The van der Waals surface area contributed by atoms with E-state index in [1.54, 1.807) is 18.0 Å². The largest absolute Gasteiger partial charge is 0.357 e. The number of hydrogen-bond donors (Lipinski definition) is 1. The van der Waals surface area contributed by atoms with Gasteiger partial charge in [0.15, 0.2) is 0 Å². The van der Waals surface area contributed by atoms with Gasteiger partial charge in [-0.25, -0.2) is 4.98 Å².